The predicted octanol–water partition coefficient (Wildman–Crippen LogP) is 12.1. The van der Waals surface area contributed by atoms with Crippen LogP contribution in [-0.2, 0) is 0 Å². The third kappa shape index (κ3) is 4.73. The van der Waals surface area contributed by atoms with E-state index in [4.69, 9.17) is 4.42 Å². The Hall–Kier alpha value is -5.86. The van der Waals surface area contributed by atoms with Gasteiger partial charge in [0.1, 0.15) is 11.2 Å². The minimum Gasteiger partial charge on any atom is -0.456 e. The van der Waals surface area contributed by atoms with Gasteiger partial charge in [-0.05, 0) is 76.3 Å². The average molecular weight is 564 g/mol. The van der Waals surface area contributed by atoms with Crippen molar-refractivity contribution in [3.63, 3.8) is 0 Å². The molecule has 0 aliphatic rings. The molecule has 7 aromatic carbocycles. The van der Waals surface area contributed by atoms with Crippen molar-refractivity contribution in [3.05, 3.63) is 176 Å². The van der Waals surface area contributed by atoms with Crippen molar-refractivity contribution in [2.45, 2.75) is 0 Å². The largest absolute Gasteiger partial charge is 0.456 e. The number of furan rings is 1. The van der Waals surface area contributed by atoms with E-state index in [1.165, 1.54) is 22.3 Å². The molecule has 0 spiro atoms. The monoisotopic (exact) mass is 563 g/mol. The van der Waals surface area contributed by atoms with E-state index in [-0.39, 0.29) is 0 Å². The second-order valence-corrected chi connectivity index (χ2v) is 11.0. The van der Waals surface area contributed by atoms with Crippen molar-refractivity contribution in [2.24, 2.45) is 0 Å². The predicted molar refractivity (Wildman–Crippen MR) is 185 cm³/mol. The molecule has 208 valence electrons. The van der Waals surface area contributed by atoms with Crippen molar-refractivity contribution in [1.29, 1.82) is 0 Å². The SMILES string of the molecule is c1ccc(-c2ccc(N(c3ccc(-c4ccccc4)cc3)c3ccccc3-c3ccc4oc5ccccc5c4c3)cc2)cc1. The van der Waals surface area contributed by atoms with Gasteiger partial charge in [0.2, 0.25) is 0 Å². The number of fused-ring (bicyclic) bond motifs is 3. The zero-order valence-electron chi connectivity index (χ0n) is 24.1. The number of para-hydroxylation sites is 2. The van der Waals surface area contributed by atoms with Crippen molar-refractivity contribution in [1.82, 2.24) is 0 Å². The molecule has 2 heteroatoms. The maximum Gasteiger partial charge on any atom is 0.135 e. The molecule has 0 atom stereocenters. The summed E-state index contributed by atoms with van der Waals surface area (Å²) in [7, 11) is 0. The Labute approximate surface area is 257 Å². The van der Waals surface area contributed by atoms with Gasteiger partial charge in [0.05, 0.1) is 5.69 Å². The summed E-state index contributed by atoms with van der Waals surface area (Å²) in [4.78, 5) is 2.36. The molecule has 0 N–H and O–H groups in total. The first kappa shape index (κ1) is 25.8. The highest BCUT2D eigenvalue weighted by molar-refractivity contribution is 6.06. The maximum atomic E-state index is 6.14. The summed E-state index contributed by atoms with van der Waals surface area (Å²) < 4.78 is 6.14. The van der Waals surface area contributed by atoms with Gasteiger partial charge in [-0.15, -0.1) is 0 Å². The Kier molecular flexibility index (Phi) is 6.51. The highest BCUT2D eigenvalue weighted by Gasteiger charge is 2.18. The third-order valence-electron chi connectivity index (χ3n) is 8.30. The number of hydrogen-bond donors (Lipinski definition) is 0. The van der Waals surface area contributed by atoms with Gasteiger partial charge in [-0.1, -0.05) is 127 Å². The molecule has 0 amide bonds. The second-order valence-electron chi connectivity index (χ2n) is 11.0. The highest BCUT2D eigenvalue weighted by atomic mass is 16.3. The molecule has 0 saturated carbocycles. The molecule has 44 heavy (non-hydrogen) atoms. The topological polar surface area (TPSA) is 16.4 Å². The fourth-order valence-electron chi connectivity index (χ4n) is 6.10. The van der Waals surface area contributed by atoms with E-state index < -0.39 is 0 Å². The number of benzene rings is 7. The number of hydrogen-bond acceptors (Lipinski definition) is 2. The van der Waals surface area contributed by atoms with Crippen LogP contribution in [0.2, 0.25) is 0 Å². The van der Waals surface area contributed by atoms with Crippen LogP contribution in [-0.4, -0.2) is 0 Å². The molecule has 0 aliphatic heterocycles. The average Bonchev–Trinajstić information content (AvgIpc) is 3.48. The van der Waals surface area contributed by atoms with Crippen molar-refractivity contribution < 1.29 is 4.42 Å². The minimum absolute atomic E-state index is 0.900. The van der Waals surface area contributed by atoms with Crippen LogP contribution in [0.15, 0.2) is 180 Å². The number of nitrogens with zero attached hydrogens (tertiary/aromatic N) is 1. The van der Waals surface area contributed by atoms with Gasteiger partial charge in [0.15, 0.2) is 0 Å². The molecular weight excluding hydrogens is 534 g/mol. The fourth-order valence-corrected chi connectivity index (χ4v) is 6.10. The first-order chi connectivity index (χ1) is 21.8. The van der Waals surface area contributed by atoms with Crippen LogP contribution in [0.5, 0.6) is 0 Å². The standard InChI is InChI=1S/C42H29NO/c1-3-11-30(12-4-1)32-19-24-35(25-20-32)43(36-26-21-33(22-27-36)31-13-5-2-6-14-31)40-17-9-7-15-37(40)34-23-28-42-39(29-34)38-16-8-10-18-41(38)44-42/h1-29H. The van der Waals surface area contributed by atoms with E-state index in [0.29, 0.717) is 0 Å². The molecule has 1 heterocycles. The molecule has 0 unspecified atom stereocenters. The second kappa shape index (κ2) is 11.1. The molecule has 8 aromatic rings. The molecule has 0 saturated heterocycles. The van der Waals surface area contributed by atoms with Crippen LogP contribution < -0.4 is 4.90 Å². The van der Waals surface area contributed by atoms with Crippen LogP contribution >= 0.6 is 0 Å². The smallest absolute Gasteiger partial charge is 0.135 e. The quantitative estimate of drug-likeness (QED) is 0.200. The van der Waals surface area contributed by atoms with E-state index in [1.807, 2.05) is 12.1 Å². The van der Waals surface area contributed by atoms with Gasteiger partial charge in [-0.2, -0.15) is 0 Å². The van der Waals surface area contributed by atoms with Crippen LogP contribution in [0.1, 0.15) is 0 Å². The van der Waals surface area contributed by atoms with Gasteiger partial charge >= 0.3 is 0 Å². The highest BCUT2D eigenvalue weighted by Crippen LogP contribution is 2.43. The van der Waals surface area contributed by atoms with Gasteiger partial charge in [0.25, 0.3) is 0 Å². The van der Waals surface area contributed by atoms with E-state index in [9.17, 15) is 0 Å². The molecule has 0 aliphatic carbocycles. The minimum atomic E-state index is 0.900. The summed E-state index contributed by atoms with van der Waals surface area (Å²) in [6.45, 7) is 0. The van der Waals surface area contributed by atoms with Crippen LogP contribution in [0, 0.1) is 0 Å². The van der Waals surface area contributed by atoms with Crippen molar-refractivity contribution >= 4 is 39.0 Å². The first-order valence-corrected chi connectivity index (χ1v) is 14.9. The summed E-state index contributed by atoms with van der Waals surface area (Å²) in [5.74, 6) is 0. The zero-order valence-corrected chi connectivity index (χ0v) is 24.1. The Morgan fingerprint density at radius 1 is 0.341 bits per heavy atom. The molecule has 0 radical (unpaired) electrons. The molecule has 0 fully saturated rings. The number of rotatable bonds is 6. The van der Waals surface area contributed by atoms with Crippen LogP contribution in [0.3, 0.4) is 0 Å². The third-order valence-corrected chi connectivity index (χ3v) is 8.30. The van der Waals surface area contributed by atoms with E-state index in [2.05, 4.69) is 169 Å². The van der Waals surface area contributed by atoms with E-state index in [0.717, 1.165) is 50.1 Å². The lowest BCUT2D eigenvalue weighted by molar-refractivity contribution is 0.669. The molecule has 8 rings (SSSR count). The van der Waals surface area contributed by atoms with Gasteiger partial charge in [0, 0.05) is 27.7 Å². The van der Waals surface area contributed by atoms with Crippen LogP contribution in [0.4, 0.5) is 17.1 Å². The molecular formula is C42H29NO. The van der Waals surface area contributed by atoms with Crippen molar-refractivity contribution in [3.8, 4) is 33.4 Å². The molecule has 2 nitrogen and oxygen atoms in total. The Morgan fingerprint density at radius 3 is 1.45 bits per heavy atom. The Balaban J connectivity index is 1.27. The lowest BCUT2D eigenvalue weighted by atomic mass is 9.99. The number of anilines is 3. The summed E-state index contributed by atoms with van der Waals surface area (Å²) in [6.07, 6.45) is 0. The Bertz CT molecular complexity index is 2110. The van der Waals surface area contributed by atoms with Gasteiger partial charge in [-0.25, -0.2) is 0 Å². The lowest BCUT2D eigenvalue weighted by Crippen LogP contribution is -2.11. The molecule has 0 bridgehead atoms. The van der Waals surface area contributed by atoms with E-state index >= 15 is 0 Å². The first-order valence-electron chi connectivity index (χ1n) is 14.9. The zero-order chi connectivity index (χ0) is 29.3. The van der Waals surface area contributed by atoms with Gasteiger partial charge in [-0.3, -0.25) is 0 Å². The van der Waals surface area contributed by atoms with Gasteiger partial charge < -0.3 is 9.32 Å². The maximum absolute atomic E-state index is 6.14. The fraction of sp³-hybridized carbons (Fsp3) is 0. The summed E-state index contributed by atoms with van der Waals surface area (Å²) in [5, 5.41) is 2.26. The van der Waals surface area contributed by atoms with Crippen LogP contribution in [0.25, 0.3) is 55.3 Å². The summed E-state index contributed by atoms with van der Waals surface area (Å²) in [5.41, 5.74) is 12.2. The lowest BCUT2D eigenvalue weighted by Gasteiger charge is -2.28. The summed E-state index contributed by atoms with van der Waals surface area (Å²) >= 11 is 0. The Morgan fingerprint density at radius 2 is 0.818 bits per heavy atom. The normalized spacial score (nSPS) is 11.2. The van der Waals surface area contributed by atoms with E-state index in [1.54, 1.807) is 0 Å². The molecule has 1 aromatic heterocycles. The van der Waals surface area contributed by atoms with Crippen molar-refractivity contribution in [2.75, 3.05) is 4.90 Å². The summed E-state index contributed by atoms with van der Waals surface area (Å²) in [6, 6.07) is 62.2.